The molecule has 5 heteroatoms. The van der Waals surface area contributed by atoms with Crippen molar-refractivity contribution >= 4 is 17.4 Å². The van der Waals surface area contributed by atoms with Gasteiger partial charge in [0.1, 0.15) is 11.6 Å². The largest absolute Gasteiger partial charge is 0.383 e. The molecule has 0 spiro atoms. The summed E-state index contributed by atoms with van der Waals surface area (Å²) in [4.78, 5) is 11.0. The van der Waals surface area contributed by atoms with Gasteiger partial charge in [-0.25, -0.2) is 9.97 Å². The fourth-order valence-electron chi connectivity index (χ4n) is 1.65. The third-order valence-electron chi connectivity index (χ3n) is 2.58. The van der Waals surface area contributed by atoms with Gasteiger partial charge in [-0.3, -0.25) is 0 Å². The molecule has 4 nitrogen and oxygen atoms in total. The molecule has 0 saturated heterocycles. The lowest BCUT2D eigenvalue weighted by molar-refractivity contribution is 0.199. The van der Waals surface area contributed by atoms with Crippen LogP contribution in [0.3, 0.4) is 0 Å². The smallest absolute Gasteiger partial charge is 0.133 e. The first kappa shape index (κ1) is 15.2. The Morgan fingerprint density at radius 2 is 2.06 bits per heavy atom. The van der Waals surface area contributed by atoms with E-state index in [0.717, 1.165) is 17.3 Å². The summed E-state index contributed by atoms with van der Waals surface area (Å²) >= 11 is 6.16. The molecule has 0 aliphatic heterocycles. The van der Waals surface area contributed by atoms with Gasteiger partial charge in [0.25, 0.3) is 0 Å². The minimum atomic E-state index is -0.0437. The van der Waals surface area contributed by atoms with E-state index in [2.05, 4.69) is 23.8 Å². The molecule has 1 heterocycles. The lowest BCUT2D eigenvalue weighted by atomic mass is 10.2. The summed E-state index contributed by atoms with van der Waals surface area (Å²) in [6, 6.07) is 1.97. The van der Waals surface area contributed by atoms with Gasteiger partial charge in [0.15, 0.2) is 0 Å². The maximum atomic E-state index is 6.16. The summed E-state index contributed by atoms with van der Waals surface area (Å²) in [5.74, 6) is 2.10. The number of methoxy groups -OCH3 is 1. The van der Waals surface area contributed by atoms with Gasteiger partial charge in [0, 0.05) is 38.4 Å². The molecule has 1 aromatic rings. The Balaban J connectivity index is 2.81. The SMILES string of the molecule is COCC(Cl)CN(C)c1cc(C)nc(C(C)C)n1. The molecule has 1 unspecified atom stereocenters. The van der Waals surface area contributed by atoms with Crippen molar-refractivity contribution in [1.29, 1.82) is 0 Å². The van der Waals surface area contributed by atoms with E-state index in [4.69, 9.17) is 16.3 Å². The summed E-state index contributed by atoms with van der Waals surface area (Å²) in [5, 5.41) is -0.0437. The summed E-state index contributed by atoms with van der Waals surface area (Å²) in [6.07, 6.45) is 0. The van der Waals surface area contributed by atoms with Crippen molar-refractivity contribution in [3.05, 3.63) is 17.6 Å². The van der Waals surface area contributed by atoms with Gasteiger partial charge >= 0.3 is 0 Å². The Kier molecular flexibility index (Phi) is 5.82. The molecule has 1 rings (SSSR count). The number of hydrogen-bond donors (Lipinski definition) is 0. The highest BCUT2D eigenvalue weighted by atomic mass is 35.5. The van der Waals surface area contributed by atoms with E-state index in [-0.39, 0.29) is 5.38 Å². The lowest BCUT2D eigenvalue weighted by Gasteiger charge is -2.22. The Morgan fingerprint density at radius 3 is 2.61 bits per heavy atom. The highest BCUT2D eigenvalue weighted by molar-refractivity contribution is 6.21. The number of ether oxygens (including phenoxy) is 1. The topological polar surface area (TPSA) is 38.2 Å². The third-order valence-corrected chi connectivity index (χ3v) is 2.85. The monoisotopic (exact) mass is 271 g/mol. The number of anilines is 1. The van der Waals surface area contributed by atoms with Crippen molar-refractivity contribution < 1.29 is 4.74 Å². The molecule has 0 aromatic carbocycles. The molecule has 0 fully saturated rings. The van der Waals surface area contributed by atoms with Crippen LogP contribution in [-0.4, -0.2) is 42.7 Å². The molecule has 102 valence electrons. The molecule has 0 aliphatic carbocycles. The van der Waals surface area contributed by atoms with E-state index >= 15 is 0 Å². The standard InChI is InChI=1S/C13H22ClN3O/c1-9(2)13-15-10(3)6-12(16-13)17(4)7-11(14)8-18-5/h6,9,11H,7-8H2,1-5H3. The van der Waals surface area contributed by atoms with Crippen LogP contribution in [-0.2, 0) is 4.74 Å². The van der Waals surface area contributed by atoms with Gasteiger partial charge in [-0.2, -0.15) is 0 Å². The average molecular weight is 272 g/mol. The molecule has 0 radical (unpaired) electrons. The Labute approximate surface area is 114 Å². The first-order valence-corrected chi connectivity index (χ1v) is 6.57. The summed E-state index contributed by atoms with van der Waals surface area (Å²) in [7, 11) is 3.64. The second-order valence-electron chi connectivity index (χ2n) is 4.81. The Morgan fingerprint density at radius 1 is 1.39 bits per heavy atom. The van der Waals surface area contributed by atoms with Crippen molar-refractivity contribution in [1.82, 2.24) is 9.97 Å². The number of nitrogens with zero attached hydrogens (tertiary/aromatic N) is 3. The van der Waals surface area contributed by atoms with Crippen molar-refractivity contribution in [2.45, 2.75) is 32.1 Å². The van der Waals surface area contributed by atoms with Crippen LogP contribution in [0, 0.1) is 6.92 Å². The lowest BCUT2D eigenvalue weighted by Crippen LogP contribution is -2.29. The van der Waals surface area contributed by atoms with Crippen molar-refractivity contribution in [3.63, 3.8) is 0 Å². The van der Waals surface area contributed by atoms with Crippen LogP contribution in [0.25, 0.3) is 0 Å². The number of halogens is 1. The quantitative estimate of drug-likeness (QED) is 0.746. The molecule has 1 aromatic heterocycles. The molecule has 0 bridgehead atoms. The fraction of sp³-hybridized carbons (Fsp3) is 0.692. The predicted molar refractivity (Wildman–Crippen MR) is 75.6 cm³/mol. The summed E-state index contributed by atoms with van der Waals surface area (Å²) in [5.41, 5.74) is 0.980. The zero-order chi connectivity index (χ0) is 13.7. The van der Waals surface area contributed by atoms with Crippen LogP contribution in [0.15, 0.2) is 6.07 Å². The van der Waals surface area contributed by atoms with Gasteiger partial charge in [-0.1, -0.05) is 13.8 Å². The highest BCUT2D eigenvalue weighted by Gasteiger charge is 2.12. The molecule has 0 amide bonds. The van der Waals surface area contributed by atoms with E-state index in [1.165, 1.54) is 0 Å². The average Bonchev–Trinajstić information content (AvgIpc) is 2.28. The van der Waals surface area contributed by atoms with Crippen LogP contribution in [0.2, 0.25) is 0 Å². The summed E-state index contributed by atoms with van der Waals surface area (Å²) < 4.78 is 5.03. The zero-order valence-electron chi connectivity index (χ0n) is 11.8. The molecular formula is C13H22ClN3O. The van der Waals surface area contributed by atoms with Gasteiger partial charge in [-0.05, 0) is 6.92 Å². The van der Waals surface area contributed by atoms with Gasteiger partial charge in [-0.15, -0.1) is 11.6 Å². The van der Waals surface area contributed by atoms with E-state index in [0.29, 0.717) is 19.1 Å². The Bertz CT molecular complexity index is 384. The highest BCUT2D eigenvalue weighted by Crippen LogP contribution is 2.17. The second-order valence-corrected chi connectivity index (χ2v) is 5.43. The maximum Gasteiger partial charge on any atom is 0.133 e. The first-order valence-electron chi connectivity index (χ1n) is 6.13. The normalized spacial score (nSPS) is 12.8. The van der Waals surface area contributed by atoms with Crippen LogP contribution < -0.4 is 4.90 Å². The van der Waals surface area contributed by atoms with Gasteiger partial charge < -0.3 is 9.64 Å². The van der Waals surface area contributed by atoms with Crippen molar-refractivity contribution in [2.75, 3.05) is 32.2 Å². The van der Waals surface area contributed by atoms with Crippen LogP contribution >= 0.6 is 11.6 Å². The fourth-order valence-corrected chi connectivity index (χ4v) is 1.99. The molecule has 18 heavy (non-hydrogen) atoms. The van der Waals surface area contributed by atoms with Gasteiger partial charge in [0.2, 0.25) is 0 Å². The van der Waals surface area contributed by atoms with E-state index in [1.807, 2.05) is 24.9 Å². The number of aromatic nitrogens is 2. The first-order chi connectivity index (χ1) is 8.43. The molecule has 1 atom stereocenters. The molecular weight excluding hydrogens is 250 g/mol. The second kappa shape index (κ2) is 6.90. The number of rotatable bonds is 6. The summed E-state index contributed by atoms with van der Waals surface area (Å²) in [6.45, 7) is 7.40. The van der Waals surface area contributed by atoms with E-state index < -0.39 is 0 Å². The molecule has 0 saturated carbocycles. The van der Waals surface area contributed by atoms with Crippen molar-refractivity contribution in [3.8, 4) is 0 Å². The minimum absolute atomic E-state index is 0.0437. The van der Waals surface area contributed by atoms with E-state index in [9.17, 15) is 0 Å². The van der Waals surface area contributed by atoms with Crippen molar-refractivity contribution in [2.24, 2.45) is 0 Å². The van der Waals surface area contributed by atoms with Crippen LogP contribution in [0.1, 0.15) is 31.3 Å². The number of aryl methyl sites for hydroxylation is 1. The Hall–Kier alpha value is -0.870. The van der Waals surface area contributed by atoms with E-state index in [1.54, 1.807) is 7.11 Å². The maximum absolute atomic E-state index is 6.16. The van der Waals surface area contributed by atoms with Crippen LogP contribution in [0.5, 0.6) is 0 Å². The number of alkyl halides is 1. The molecule has 0 N–H and O–H groups in total. The minimum Gasteiger partial charge on any atom is -0.383 e. The van der Waals surface area contributed by atoms with Crippen LogP contribution in [0.4, 0.5) is 5.82 Å². The van der Waals surface area contributed by atoms with Gasteiger partial charge in [0.05, 0.1) is 12.0 Å². The molecule has 0 aliphatic rings. The zero-order valence-corrected chi connectivity index (χ0v) is 12.5. The predicted octanol–water partition coefficient (Wildman–Crippen LogP) is 2.60. The number of hydrogen-bond acceptors (Lipinski definition) is 4. The third kappa shape index (κ3) is 4.42.